The zero-order valence-corrected chi connectivity index (χ0v) is 32.3. The number of para-hydroxylation sites is 2. The van der Waals surface area contributed by atoms with Gasteiger partial charge in [0.25, 0.3) is 0 Å². The molecule has 0 bridgehead atoms. The van der Waals surface area contributed by atoms with Crippen molar-refractivity contribution in [2.45, 2.75) is 0 Å². The lowest BCUT2D eigenvalue weighted by atomic mass is 9.98. The van der Waals surface area contributed by atoms with Crippen LogP contribution in [0.1, 0.15) is 0 Å². The predicted octanol–water partition coefficient (Wildman–Crippen LogP) is 14.4. The maximum absolute atomic E-state index is 6.32. The topological polar surface area (TPSA) is 56.7 Å². The van der Waals surface area contributed by atoms with Crippen molar-refractivity contribution in [3.63, 3.8) is 0 Å². The Morgan fingerprint density at radius 2 is 0.967 bits per heavy atom. The number of nitrogens with zero attached hydrogens (tertiary/aromatic N) is 4. The molecule has 0 N–H and O–H groups in total. The number of rotatable bonds is 6. The largest absolute Gasteiger partial charge is 0.456 e. The summed E-state index contributed by atoms with van der Waals surface area (Å²) in [5.41, 5.74) is 12.2. The molecule has 5 nitrogen and oxygen atoms in total. The molecule has 3 heterocycles. The highest BCUT2D eigenvalue weighted by atomic mass is 16.3. The molecule has 9 aromatic carbocycles. The van der Waals surface area contributed by atoms with E-state index in [4.69, 9.17) is 19.4 Å². The van der Waals surface area contributed by atoms with E-state index in [0.717, 1.165) is 77.2 Å². The molecule has 0 radical (unpaired) electrons. The lowest BCUT2D eigenvalue weighted by Gasteiger charge is -2.14. The third kappa shape index (κ3) is 5.59. The van der Waals surface area contributed by atoms with Crippen molar-refractivity contribution in [1.29, 1.82) is 0 Å². The van der Waals surface area contributed by atoms with E-state index in [1.165, 1.54) is 21.9 Å². The van der Waals surface area contributed by atoms with Crippen LogP contribution >= 0.6 is 0 Å². The van der Waals surface area contributed by atoms with Gasteiger partial charge in [0, 0.05) is 43.9 Å². The van der Waals surface area contributed by atoms with Crippen LogP contribution in [0.25, 0.3) is 117 Å². The smallest absolute Gasteiger partial charge is 0.164 e. The lowest BCUT2D eigenvalue weighted by Crippen LogP contribution is -2.01. The Morgan fingerprint density at radius 1 is 0.333 bits per heavy atom. The van der Waals surface area contributed by atoms with Crippen LogP contribution in [0.2, 0.25) is 0 Å². The molecule has 5 heteroatoms. The van der Waals surface area contributed by atoms with Gasteiger partial charge in [0.05, 0.1) is 11.0 Å². The highest BCUT2D eigenvalue weighted by Gasteiger charge is 2.20. The average molecular weight is 767 g/mol. The molecule has 0 unspecified atom stereocenters. The molecule has 0 fully saturated rings. The lowest BCUT2D eigenvalue weighted by molar-refractivity contribution is 0.669. The quantitative estimate of drug-likeness (QED) is 0.169. The molecule has 12 rings (SSSR count). The summed E-state index contributed by atoms with van der Waals surface area (Å²) >= 11 is 0. The van der Waals surface area contributed by atoms with Crippen molar-refractivity contribution in [1.82, 2.24) is 19.5 Å². The third-order valence-corrected chi connectivity index (χ3v) is 11.7. The minimum absolute atomic E-state index is 0.586. The minimum Gasteiger partial charge on any atom is -0.456 e. The first-order chi connectivity index (χ1) is 29.7. The van der Waals surface area contributed by atoms with Crippen LogP contribution in [-0.4, -0.2) is 19.5 Å². The molecule has 0 aliphatic carbocycles. The molecule has 0 saturated heterocycles. The van der Waals surface area contributed by atoms with Gasteiger partial charge in [-0.2, -0.15) is 0 Å². The van der Waals surface area contributed by atoms with Crippen molar-refractivity contribution in [2.24, 2.45) is 0 Å². The summed E-state index contributed by atoms with van der Waals surface area (Å²) in [6.45, 7) is 0. The standard InChI is InChI=1S/C55H34N4O/c1-2-14-35(15-3-1)38-30-31-44-43-21-8-10-25-48(43)59(49(44)34-38)41-19-12-18-39(33-41)42-20-6-7-22-45(42)54-56-53(40-29-28-36-16-4-5-17-37(36)32-40)57-55(58-54)47-24-13-27-51-52(47)46-23-9-11-26-50(46)60-51/h1-34H. The van der Waals surface area contributed by atoms with Gasteiger partial charge in [0.1, 0.15) is 11.2 Å². The summed E-state index contributed by atoms with van der Waals surface area (Å²) in [6, 6.07) is 72.3. The number of aromatic nitrogens is 4. The van der Waals surface area contributed by atoms with Crippen molar-refractivity contribution in [3.05, 3.63) is 206 Å². The fraction of sp³-hybridized carbons (Fsp3) is 0. The van der Waals surface area contributed by atoms with Crippen molar-refractivity contribution >= 4 is 54.5 Å². The number of fused-ring (bicyclic) bond motifs is 7. The number of furan rings is 1. The molecular weight excluding hydrogens is 733 g/mol. The molecule has 0 amide bonds. The summed E-state index contributed by atoms with van der Waals surface area (Å²) < 4.78 is 8.71. The van der Waals surface area contributed by atoms with Crippen LogP contribution in [0, 0.1) is 0 Å². The van der Waals surface area contributed by atoms with E-state index in [9.17, 15) is 0 Å². The van der Waals surface area contributed by atoms with Gasteiger partial charge in [-0.05, 0) is 75.5 Å². The van der Waals surface area contributed by atoms with Crippen LogP contribution in [0.5, 0.6) is 0 Å². The number of benzene rings is 9. The zero-order valence-electron chi connectivity index (χ0n) is 32.3. The SMILES string of the molecule is c1ccc(-c2ccc3c4ccccc4n(-c4cccc(-c5ccccc5-c5nc(-c6ccc7ccccc7c6)nc(-c6cccc7oc8ccccc8c67)n5)c4)c3c2)cc1. The molecule has 0 aliphatic rings. The minimum atomic E-state index is 0.586. The first-order valence-corrected chi connectivity index (χ1v) is 20.2. The fourth-order valence-electron chi connectivity index (χ4n) is 8.84. The first-order valence-electron chi connectivity index (χ1n) is 20.2. The van der Waals surface area contributed by atoms with Gasteiger partial charge in [-0.15, -0.1) is 0 Å². The van der Waals surface area contributed by atoms with Gasteiger partial charge >= 0.3 is 0 Å². The van der Waals surface area contributed by atoms with Crippen LogP contribution in [0.4, 0.5) is 0 Å². The second-order valence-electron chi connectivity index (χ2n) is 15.2. The van der Waals surface area contributed by atoms with E-state index in [0.29, 0.717) is 17.5 Å². The highest BCUT2D eigenvalue weighted by Crippen LogP contribution is 2.40. The predicted molar refractivity (Wildman–Crippen MR) is 246 cm³/mol. The summed E-state index contributed by atoms with van der Waals surface area (Å²) in [5, 5.41) is 6.73. The van der Waals surface area contributed by atoms with E-state index >= 15 is 0 Å². The van der Waals surface area contributed by atoms with Gasteiger partial charge in [0.15, 0.2) is 17.5 Å². The van der Waals surface area contributed by atoms with E-state index < -0.39 is 0 Å². The Morgan fingerprint density at radius 3 is 1.87 bits per heavy atom. The van der Waals surface area contributed by atoms with Crippen LogP contribution < -0.4 is 0 Å². The van der Waals surface area contributed by atoms with Crippen LogP contribution in [-0.2, 0) is 0 Å². The Kier molecular flexibility index (Phi) is 7.78. The van der Waals surface area contributed by atoms with Crippen LogP contribution in [0.15, 0.2) is 211 Å². The summed E-state index contributed by atoms with van der Waals surface area (Å²) in [7, 11) is 0. The Balaban J connectivity index is 1.06. The number of hydrogen-bond donors (Lipinski definition) is 0. The molecule has 3 aromatic heterocycles. The van der Waals surface area contributed by atoms with Crippen molar-refractivity contribution in [2.75, 3.05) is 0 Å². The van der Waals surface area contributed by atoms with E-state index in [2.05, 4.69) is 180 Å². The van der Waals surface area contributed by atoms with Gasteiger partial charge in [0.2, 0.25) is 0 Å². The highest BCUT2D eigenvalue weighted by molar-refractivity contribution is 6.12. The summed E-state index contributed by atoms with van der Waals surface area (Å²) in [4.78, 5) is 15.8. The Labute approximate surface area is 345 Å². The fourth-order valence-corrected chi connectivity index (χ4v) is 8.84. The van der Waals surface area contributed by atoms with E-state index in [-0.39, 0.29) is 0 Å². The van der Waals surface area contributed by atoms with Gasteiger partial charge < -0.3 is 8.98 Å². The summed E-state index contributed by atoms with van der Waals surface area (Å²) in [6.07, 6.45) is 0. The average Bonchev–Trinajstić information content (AvgIpc) is 3.87. The zero-order chi connectivity index (χ0) is 39.6. The van der Waals surface area contributed by atoms with Gasteiger partial charge in [-0.1, -0.05) is 164 Å². The maximum Gasteiger partial charge on any atom is 0.164 e. The molecule has 60 heavy (non-hydrogen) atoms. The second kappa shape index (κ2) is 13.8. The van der Waals surface area contributed by atoms with Crippen LogP contribution in [0.3, 0.4) is 0 Å². The van der Waals surface area contributed by atoms with Gasteiger partial charge in [-0.3, -0.25) is 0 Å². The molecule has 0 spiro atoms. The summed E-state index contributed by atoms with van der Waals surface area (Å²) in [5.74, 6) is 1.79. The van der Waals surface area contributed by atoms with E-state index in [1.54, 1.807) is 0 Å². The normalized spacial score (nSPS) is 11.7. The van der Waals surface area contributed by atoms with E-state index in [1.807, 2.05) is 30.3 Å². The van der Waals surface area contributed by atoms with Crippen molar-refractivity contribution < 1.29 is 4.42 Å². The molecule has 0 aliphatic heterocycles. The molecule has 0 saturated carbocycles. The molecular formula is C55H34N4O. The van der Waals surface area contributed by atoms with Gasteiger partial charge in [-0.25, -0.2) is 15.0 Å². The molecule has 12 aromatic rings. The third-order valence-electron chi connectivity index (χ3n) is 11.7. The second-order valence-corrected chi connectivity index (χ2v) is 15.2. The molecule has 0 atom stereocenters. The maximum atomic E-state index is 6.32. The monoisotopic (exact) mass is 766 g/mol. The number of hydrogen-bond acceptors (Lipinski definition) is 4. The molecule has 280 valence electrons. The Hall–Kier alpha value is -8.15. The Bertz CT molecular complexity index is 3620. The first kappa shape index (κ1) is 33.9. The van der Waals surface area contributed by atoms with Crippen molar-refractivity contribution in [3.8, 4) is 62.1 Å².